The number of para-hydroxylation sites is 2. The van der Waals surface area contributed by atoms with Gasteiger partial charge in [-0.05, 0) is 35.1 Å². The van der Waals surface area contributed by atoms with Gasteiger partial charge in [0.15, 0.2) is 0 Å². The van der Waals surface area contributed by atoms with Crippen molar-refractivity contribution < 1.29 is 0 Å². The summed E-state index contributed by atoms with van der Waals surface area (Å²) < 4.78 is 0. The summed E-state index contributed by atoms with van der Waals surface area (Å²) in [5, 5.41) is 0. The van der Waals surface area contributed by atoms with E-state index >= 15 is 0 Å². The van der Waals surface area contributed by atoms with E-state index in [0.29, 0.717) is 0 Å². The number of fused-ring (bicyclic) bond motifs is 2. The number of hydrogen-bond donors (Lipinski definition) is 0. The molecule has 1 aliphatic rings. The number of hydrogen-bond acceptors (Lipinski definition) is 1. The normalized spacial score (nSPS) is 16.7. The molecule has 0 saturated carbocycles. The third-order valence-corrected chi connectivity index (χ3v) is 3.98. The van der Waals surface area contributed by atoms with Crippen LogP contribution in [0, 0.1) is 0 Å². The van der Waals surface area contributed by atoms with Crippen LogP contribution in [0.3, 0.4) is 0 Å². The van der Waals surface area contributed by atoms with Crippen LogP contribution in [0.1, 0.15) is 25.0 Å². The number of benzene rings is 2. The maximum atomic E-state index is 2.34. The molecule has 1 heteroatoms. The second kappa shape index (κ2) is 3.88. The molecule has 2 aromatic carbocycles. The zero-order chi connectivity index (χ0) is 12.8. The smallest absolute Gasteiger partial charge is 0.0446 e. The topological polar surface area (TPSA) is 3.24 Å². The summed E-state index contributed by atoms with van der Waals surface area (Å²) in [6.45, 7) is 4.67. The Labute approximate surface area is 109 Å². The lowest BCUT2D eigenvalue weighted by molar-refractivity contribution is 0.528. The Kier molecular flexibility index (Phi) is 2.44. The molecule has 0 saturated heterocycles. The molecule has 0 aliphatic carbocycles. The minimum absolute atomic E-state index is 0.178. The average molecular weight is 237 g/mol. The molecule has 1 nitrogen and oxygen atoms in total. The van der Waals surface area contributed by atoms with Gasteiger partial charge < -0.3 is 4.90 Å². The number of rotatable bonds is 0. The summed E-state index contributed by atoms with van der Waals surface area (Å²) in [5.41, 5.74) is 5.70. The third-order valence-electron chi connectivity index (χ3n) is 3.98. The molecule has 0 fully saturated rings. The first kappa shape index (κ1) is 11.3. The molecule has 18 heavy (non-hydrogen) atoms. The van der Waals surface area contributed by atoms with E-state index in [1.54, 1.807) is 0 Å². The monoisotopic (exact) mass is 237 g/mol. The largest absolute Gasteiger partial charge is 0.344 e. The Hall–Kier alpha value is -1.76. The zero-order valence-electron chi connectivity index (χ0n) is 11.3. The fourth-order valence-electron chi connectivity index (χ4n) is 3.03. The van der Waals surface area contributed by atoms with Gasteiger partial charge in [-0.25, -0.2) is 0 Å². The highest BCUT2D eigenvalue weighted by atomic mass is 15.1. The summed E-state index contributed by atoms with van der Waals surface area (Å²) >= 11 is 0. The van der Waals surface area contributed by atoms with Crippen molar-refractivity contribution in [3.63, 3.8) is 0 Å². The molecule has 0 aromatic heterocycles. The average Bonchev–Trinajstić information content (AvgIpc) is 2.45. The quantitative estimate of drug-likeness (QED) is 0.660. The van der Waals surface area contributed by atoms with Crippen molar-refractivity contribution in [1.29, 1.82) is 0 Å². The third kappa shape index (κ3) is 1.62. The van der Waals surface area contributed by atoms with Gasteiger partial charge in [-0.15, -0.1) is 0 Å². The number of nitrogens with zero attached hydrogens (tertiary/aromatic N) is 1. The number of anilines is 2. The van der Waals surface area contributed by atoms with Gasteiger partial charge in [0.05, 0.1) is 0 Å². The Morgan fingerprint density at radius 3 is 2.28 bits per heavy atom. The molecule has 1 heterocycles. The maximum absolute atomic E-state index is 2.34. The van der Waals surface area contributed by atoms with Crippen LogP contribution in [0.5, 0.6) is 0 Å². The highest BCUT2D eigenvalue weighted by Gasteiger charge is 2.30. The fourth-order valence-corrected chi connectivity index (χ4v) is 3.03. The maximum Gasteiger partial charge on any atom is 0.0446 e. The van der Waals surface area contributed by atoms with Crippen molar-refractivity contribution in [1.82, 2.24) is 0 Å². The summed E-state index contributed by atoms with van der Waals surface area (Å²) in [6.07, 6.45) is 1.09. The van der Waals surface area contributed by atoms with Gasteiger partial charge in [-0.2, -0.15) is 0 Å². The summed E-state index contributed by atoms with van der Waals surface area (Å²) in [4.78, 5) is 2.32. The minimum Gasteiger partial charge on any atom is -0.344 e. The van der Waals surface area contributed by atoms with Gasteiger partial charge in [0.1, 0.15) is 0 Å². The Morgan fingerprint density at radius 1 is 0.889 bits per heavy atom. The highest BCUT2D eigenvalue weighted by Crippen LogP contribution is 2.42. The van der Waals surface area contributed by atoms with Gasteiger partial charge in [0.2, 0.25) is 0 Å². The second-order valence-electron chi connectivity index (χ2n) is 5.77. The van der Waals surface area contributed by atoms with E-state index in [0.717, 1.165) is 6.42 Å². The lowest BCUT2D eigenvalue weighted by atomic mass is 9.79. The van der Waals surface area contributed by atoms with Crippen LogP contribution >= 0.6 is 0 Å². The van der Waals surface area contributed by atoms with E-state index in [-0.39, 0.29) is 5.41 Å². The molecule has 2 aromatic rings. The minimum atomic E-state index is 0.178. The SMILES string of the molecule is CN1c2ccccc2CC(C)(C)c2ccccc21. The van der Waals surface area contributed by atoms with Crippen molar-refractivity contribution in [3.8, 4) is 0 Å². The van der Waals surface area contributed by atoms with Crippen LogP contribution in [0.25, 0.3) is 0 Å². The first-order valence-electron chi connectivity index (χ1n) is 6.51. The van der Waals surface area contributed by atoms with Crippen molar-refractivity contribution >= 4 is 11.4 Å². The molecule has 92 valence electrons. The van der Waals surface area contributed by atoms with Crippen molar-refractivity contribution in [3.05, 3.63) is 59.7 Å². The summed E-state index contributed by atoms with van der Waals surface area (Å²) in [7, 11) is 2.17. The predicted octanol–water partition coefficient (Wildman–Crippen LogP) is 4.29. The molecule has 0 spiro atoms. The first-order chi connectivity index (χ1) is 8.59. The molecular weight excluding hydrogens is 218 g/mol. The van der Waals surface area contributed by atoms with Crippen LogP contribution in [0.4, 0.5) is 11.4 Å². The summed E-state index contributed by atoms with van der Waals surface area (Å²) in [6, 6.07) is 17.5. The van der Waals surface area contributed by atoms with Gasteiger partial charge in [0, 0.05) is 18.4 Å². The lowest BCUT2D eigenvalue weighted by Gasteiger charge is -2.26. The van der Waals surface area contributed by atoms with Gasteiger partial charge in [0.25, 0.3) is 0 Å². The van der Waals surface area contributed by atoms with Crippen molar-refractivity contribution in [2.24, 2.45) is 0 Å². The summed E-state index contributed by atoms with van der Waals surface area (Å²) in [5.74, 6) is 0. The highest BCUT2D eigenvalue weighted by molar-refractivity contribution is 5.72. The molecule has 0 amide bonds. The van der Waals surface area contributed by atoms with Gasteiger partial charge >= 0.3 is 0 Å². The van der Waals surface area contributed by atoms with Crippen LogP contribution in [0.15, 0.2) is 48.5 Å². The Bertz CT molecular complexity index is 584. The van der Waals surface area contributed by atoms with Crippen LogP contribution in [0.2, 0.25) is 0 Å². The lowest BCUT2D eigenvalue weighted by Crippen LogP contribution is -2.20. The molecule has 0 N–H and O–H groups in total. The first-order valence-corrected chi connectivity index (χ1v) is 6.51. The molecule has 0 bridgehead atoms. The second-order valence-corrected chi connectivity index (χ2v) is 5.77. The van der Waals surface area contributed by atoms with Gasteiger partial charge in [-0.1, -0.05) is 50.2 Å². The van der Waals surface area contributed by atoms with E-state index in [1.807, 2.05) is 0 Å². The van der Waals surface area contributed by atoms with Gasteiger partial charge in [-0.3, -0.25) is 0 Å². The molecular formula is C17H19N. The van der Waals surface area contributed by atoms with E-state index in [9.17, 15) is 0 Å². The van der Waals surface area contributed by atoms with Crippen LogP contribution in [-0.2, 0) is 11.8 Å². The van der Waals surface area contributed by atoms with E-state index < -0.39 is 0 Å². The van der Waals surface area contributed by atoms with Crippen molar-refractivity contribution in [2.75, 3.05) is 11.9 Å². The zero-order valence-corrected chi connectivity index (χ0v) is 11.3. The fraction of sp³-hybridized carbons (Fsp3) is 0.294. The van der Waals surface area contributed by atoms with E-state index in [4.69, 9.17) is 0 Å². The molecule has 0 unspecified atom stereocenters. The molecule has 0 atom stereocenters. The molecule has 1 aliphatic heterocycles. The molecule has 0 radical (unpaired) electrons. The van der Waals surface area contributed by atoms with Crippen LogP contribution in [-0.4, -0.2) is 7.05 Å². The predicted molar refractivity (Wildman–Crippen MR) is 77.7 cm³/mol. The van der Waals surface area contributed by atoms with Crippen LogP contribution < -0.4 is 4.90 Å². The molecule has 3 rings (SSSR count). The standard InChI is InChI=1S/C17H19N/c1-17(2)12-13-8-4-6-10-15(13)18(3)16-11-7-5-9-14(16)17/h4-11H,12H2,1-3H3. The Morgan fingerprint density at radius 2 is 1.50 bits per heavy atom. The van der Waals surface area contributed by atoms with E-state index in [2.05, 4.69) is 74.3 Å². The van der Waals surface area contributed by atoms with Crippen molar-refractivity contribution in [2.45, 2.75) is 25.7 Å². The van der Waals surface area contributed by atoms with E-state index in [1.165, 1.54) is 22.5 Å². The Balaban J connectivity index is 2.28.